The Kier molecular flexibility index (Phi) is 6.98. The second kappa shape index (κ2) is 8.09. The highest BCUT2D eigenvalue weighted by molar-refractivity contribution is 7.86. The van der Waals surface area contributed by atoms with Gasteiger partial charge in [0.1, 0.15) is 10.6 Å². The van der Waals surface area contributed by atoms with E-state index in [2.05, 4.69) is 0 Å². The Bertz CT molecular complexity index is 957. The van der Waals surface area contributed by atoms with E-state index >= 15 is 0 Å². The number of anilines is 1. The van der Waals surface area contributed by atoms with Crippen LogP contribution in [0.15, 0.2) is 23.1 Å². The molecule has 6 nitrogen and oxygen atoms in total. The Hall–Kier alpha value is -1.75. The van der Waals surface area contributed by atoms with Gasteiger partial charge in [-0.15, -0.1) is 4.68 Å². The van der Waals surface area contributed by atoms with E-state index < -0.39 is 27.0 Å². The van der Waals surface area contributed by atoms with Crippen molar-refractivity contribution in [3.8, 4) is 0 Å². The number of benzene rings is 1. The molecule has 1 heterocycles. The molecule has 0 aliphatic heterocycles. The number of halogens is 5. The zero-order chi connectivity index (χ0) is 21.3. The molecule has 2 aromatic rings. The van der Waals surface area contributed by atoms with Crippen molar-refractivity contribution in [1.82, 2.24) is 0 Å². The fraction of sp³-hybridized carbons (Fsp3) is 0.267. The van der Waals surface area contributed by atoms with Crippen molar-refractivity contribution in [3.05, 3.63) is 50.6 Å². The van der Waals surface area contributed by atoms with Crippen LogP contribution in [0.2, 0.25) is 10.2 Å². The second-order valence-corrected chi connectivity index (χ2v) is 7.78. The first kappa shape index (κ1) is 23.3. The fourth-order valence-electron chi connectivity index (χ4n) is 2.38. The number of nitrogens with two attached hydrogens (primary N) is 2. The standard InChI is InChI=1S/C9H12O3S.C6H4Cl2F3N3/c1-6-4-7(2)9(8(3)5-6)13(10,11)12;7-3-1-2(6(9,10)11)4(8)14(13)5(3)12/h4-5H,1-3H3,(H,10,11,12);1,12H,13H2/p+1. The first-order valence-corrected chi connectivity index (χ1v) is 9.34. The molecule has 12 heteroatoms. The summed E-state index contributed by atoms with van der Waals surface area (Å²) in [5.41, 5.74) is 6.28. The molecule has 0 atom stereocenters. The van der Waals surface area contributed by atoms with Gasteiger partial charge in [0.2, 0.25) is 5.15 Å². The molecule has 0 saturated carbocycles. The van der Waals surface area contributed by atoms with E-state index in [0.717, 1.165) is 5.56 Å². The number of nitrogen functional groups attached to an aromatic ring is 2. The van der Waals surface area contributed by atoms with Gasteiger partial charge < -0.3 is 0 Å². The van der Waals surface area contributed by atoms with Gasteiger partial charge in [0.05, 0.1) is 4.90 Å². The molecule has 27 heavy (non-hydrogen) atoms. The van der Waals surface area contributed by atoms with E-state index in [-0.39, 0.29) is 15.7 Å². The van der Waals surface area contributed by atoms with Gasteiger partial charge in [-0.25, -0.2) is 0 Å². The Morgan fingerprint density at radius 1 is 1.07 bits per heavy atom. The molecule has 0 aliphatic carbocycles. The Morgan fingerprint density at radius 2 is 1.52 bits per heavy atom. The molecule has 150 valence electrons. The molecule has 0 aliphatic rings. The number of alkyl halides is 3. The molecule has 0 amide bonds. The summed E-state index contributed by atoms with van der Waals surface area (Å²) in [4.78, 5) is 0.0260. The quantitative estimate of drug-likeness (QED) is 0.269. The van der Waals surface area contributed by atoms with Crippen LogP contribution in [0.1, 0.15) is 22.3 Å². The fourth-order valence-corrected chi connectivity index (χ4v) is 3.77. The molecule has 0 unspecified atom stereocenters. The average Bonchev–Trinajstić information content (AvgIpc) is 2.45. The van der Waals surface area contributed by atoms with Crippen LogP contribution in [0.25, 0.3) is 0 Å². The molecule has 0 fully saturated rings. The van der Waals surface area contributed by atoms with Gasteiger partial charge in [0.15, 0.2) is 0 Å². The maximum atomic E-state index is 12.3. The lowest BCUT2D eigenvalue weighted by Crippen LogP contribution is -2.49. The number of nitrogens with zero attached hydrogens (tertiary/aromatic N) is 1. The minimum absolute atomic E-state index is 0.0260. The molecule has 1 aromatic heterocycles. The zero-order valence-corrected chi connectivity index (χ0v) is 16.7. The lowest BCUT2D eigenvalue weighted by molar-refractivity contribution is -0.622. The van der Waals surface area contributed by atoms with Crippen molar-refractivity contribution in [2.75, 3.05) is 11.6 Å². The number of hydrogen-bond acceptors (Lipinski definition) is 4. The predicted molar refractivity (Wildman–Crippen MR) is 96.7 cm³/mol. The van der Waals surface area contributed by atoms with Gasteiger partial charge >= 0.3 is 12.0 Å². The van der Waals surface area contributed by atoms with Crippen molar-refractivity contribution >= 4 is 39.1 Å². The zero-order valence-electron chi connectivity index (χ0n) is 14.4. The summed E-state index contributed by atoms with van der Waals surface area (Å²) in [6.07, 6.45) is -4.62. The monoisotopic (exact) mass is 446 g/mol. The minimum atomic E-state index is -4.62. The molecular weight excluding hydrogens is 430 g/mol. The van der Waals surface area contributed by atoms with Gasteiger partial charge in [0.25, 0.3) is 10.1 Å². The van der Waals surface area contributed by atoms with Crippen LogP contribution < -0.4 is 16.3 Å². The number of hydrogen-bond donors (Lipinski definition) is 3. The number of aryl methyl sites for hydroxylation is 3. The summed E-state index contributed by atoms with van der Waals surface area (Å²) in [6.45, 7) is 5.22. The van der Waals surface area contributed by atoms with Gasteiger partial charge in [0, 0.05) is 0 Å². The third kappa shape index (κ3) is 5.61. The van der Waals surface area contributed by atoms with Crippen molar-refractivity contribution in [2.45, 2.75) is 31.8 Å². The van der Waals surface area contributed by atoms with Crippen LogP contribution in [-0.4, -0.2) is 13.0 Å². The number of rotatable bonds is 1. The van der Waals surface area contributed by atoms with E-state index in [1.54, 1.807) is 26.0 Å². The first-order valence-electron chi connectivity index (χ1n) is 7.14. The predicted octanol–water partition coefficient (Wildman–Crippen LogP) is 3.45. The molecule has 2 rings (SSSR count). The van der Waals surface area contributed by atoms with E-state index in [9.17, 15) is 21.6 Å². The summed E-state index contributed by atoms with van der Waals surface area (Å²) >= 11 is 10.7. The third-order valence-corrected chi connectivity index (χ3v) is 5.23. The highest BCUT2D eigenvalue weighted by Gasteiger charge is 2.37. The molecular formula is C15H17Cl2F3N3O3S+. The summed E-state index contributed by atoms with van der Waals surface area (Å²) < 4.78 is 68.1. The maximum Gasteiger partial charge on any atom is 0.421 e. The van der Waals surface area contributed by atoms with Gasteiger partial charge in [-0.1, -0.05) is 29.3 Å². The van der Waals surface area contributed by atoms with Crippen LogP contribution >= 0.6 is 23.2 Å². The third-order valence-electron chi connectivity index (χ3n) is 3.38. The topological polar surface area (TPSA) is 110 Å². The molecule has 0 bridgehead atoms. The highest BCUT2D eigenvalue weighted by Crippen LogP contribution is 2.35. The second-order valence-electron chi connectivity index (χ2n) is 5.65. The normalized spacial score (nSPS) is 11.7. The van der Waals surface area contributed by atoms with E-state index in [1.165, 1.54) is 0 Å². The van der Waals surface area contributed by atoms with Crippen molar-refractivity contribution in [3.63, 3.8) is 0 Å². The molecule has 0 saturated heterocycles. The van der Waals surface area contributed by atoms with E-state index in [4.69, 9.17) is 39.3 Å². The smallest absolute Gasteiger partial charge is 0.284 e. The molecule has 0 spiro atoms. The van der Waals surface area contributed by atoms with Gasteiger partial charge in [-0.2, -0.15) is 21.6 Å². The Balaban J connectivity index is 0.000000271. The average molecular weight is 447 g/mol. The lowest BCUT2D eigenvalue weighted by Gasteiger charge is -2.09. The van der Waals surface area contributed by atoms with Crippen LogP contribution in [0.4, 0.5) is 19.0 Å². The highest BCUT2D eigenvalue weighted by atomic mass is 35.5. The van der Waals surface area contributed by atoms with Crippen molar-refractivity contribution in [2.24, 2.45) is 0 Å². The molecule has 5 N–H and O–H groups in total. The maximum absolute atomic E-state index is 12.3. The Labute approximate surface area is 164 Å². The number of aromatic nitrogens is 1. The summed E-state index contributed by atoms with van der Waals surface area (Å²) in [7, 11) is -4.08. The van der Waals surface area contributed by atoms with E-state index in [0.29, 0.717) is 21.9 Å². The first-order chi connectivity index (χ1) is 12.1. The largest absolute Gasteiger partial charge is 0.421 e. The summed E-state index contributed by atoms with van der Waals surface area (Å²) in [6, 6.07) is 4.09. The minimum Gasteiger partial charge on any atom is -0.284 e. The van der Waals surface area contributed by atoms with Gasteiger partial charge in [-0.3, -0.25) is 16.1 Å². The van der Waals surface area contributed by atoms with Crippen molar-refractivity contribution < 1.29 is 30.8 Å². The molecule has 1 aromatic carbocycles. The summed E-state index contributed by atoms with van der Waals surface area (Å²) in [5.74, 6) is 4.92. The van der Waals surface area contributed by atoms with Crippen LogP contribution in [-0.2, 0) is 16.3 Å². The van der Waals surface area contributed by atoms with Crippen LogP contribution in [0, 0.1) is 20.8 Å². The van der Waals surface area contributed by atoms with Gasteiger partial charge in [-0.05, 0) is 49.6 Å². The molecule has 0 radical (unpaired) electrons. The SMILES string of the molecule is Cc1cc(C)c(S(=O)(=O)O)c(C)c1.Nc1c(Cl)cc(C(F)(F)F)c(Cl)[n+]1N. The lowest BCUT2D eigenvalue weighted by atomic mass is 10.1. The van der Waals surface area contributed by atoms with Crippen molar-refractivity contribution in [1.29, 1.82) is 0 Å². The van der Waals surface area contributed by atoms with E-state index in [1.807, 2.05) is 6.92 Å². The number of pyridine rings is 1. The van der Waals surface area contributed by atoms with Crippen LogP contribution in [0.3, 0.4) is 0 Å². The van der Waals surface area contributed by atoms with Crippen LogP contribution in [0.5, 0.6) is 0 Å². The Morgan fingerprint density at radius 3 is 1.89 bits per heavy atom. The summed E-state index contributed by atoms with van der Waals surface area (Å²) in [5, 5.41) is -1.01.